The lowest BCUT2D eigenvalue weighted by molar-refractivity contribution is -0.119. The summed E-state index contributed by atoms with van der Waals surface area (Å²) >= 11 is 5.96. The van der Waals surface area contributed by atoms with Crippen molar-refractivity contribution in [3.63, 3.8) is 0 Å². The molecule has 1 N–H and O–H groups in total. The fraction of sp³-hybridized carbons (Fsp3) is 0.417. The molecule has 1 aliphatic rings. The van der Waals surface area contributed by atoms with Crippen molar-refractivity contribution < 1.29 is 9.53 Å². The maximum atomic E-state index is 11.1. The molecule has 0 fully saturated rings. The van der Waals surface area contributed by atoms with Crippen molar-refractivity contribution >= 4 is 17.5 Å². The van der Waals surface area contributed by atoms with Gasteiger partial charge in [0.05, 0.1) is 12.6 Å². The van der Waals surface area contributed by atoms with Gasteiger partial charge in [-0.3, -0.25) is 4.79 Å². The molecule has 3 nitrogen and oxygen atoms in total. The zero-order valence-corrected chi connectivity index (χ0v) is 9.88. The monoisotopic (exact) mass is 239 g/mol. The standard InChI is InChI=1S/C12H14ClNO2/c1-8(15)14-11-3-2-6-16-12-5-4-9(13)7-10(11)12/h4-5,7,11H,2-3,6H2,1H3,(H,14,15)/t11-/m0/s1. The van der Waals surface area contributed by atoms with Crippen molar-refractivity contribution in [1.29, 1.82) is 0 Å². The number of hydrogen-bond acceptors (Lipinski definition) is 2. The maximum Gasteiger partial charge on any atom is 0.217 e. The molecule has 1 heterocycles. The van der Waals surface area contributed by atoms with Crippen molar-refractivity contribution in [3.05, 3.63) is 28.8 Å². The predicted octanol–water partition coefficient (Wildman–Crippen LogP) is 2.69. The van der Waals surface area contributed by atoms with Gasteiger partial charge in [-0.15, -0.1) is 0 Å². The molecule has 1 atom stereocenters. The zero-order valence-electron chi connectivity index (χ0n) is 9.13. The van der Waals surface area contributed by atoms with E-state index in [1.54, 1.807) is 6.07 Å². The molecule has 4 heteroatoms. The summed E-state index contributed by atoms with van der Waals surface area (Å²) in [6, 6.07) is 5.53. The number of ether oxygens (including phenoxy) is 1. The average molecular weight is 240 g/mol. The first-order valence-corrected chi connectivity index (χ1v) is 5.74. The number of nitrogens with one attached hydrogen (secondary N) is 1. The van der Waals surface area contributed by atoms with Crippen LogP contribution in [-0.2, 0) is 4.79 Å². The van der Waals surface area contributed by atoms with Crippen LogP contribution in [0.5, 0.6) is 5.75 Å². The molecule has 0 aliphatic carbocycles. The highest BCUT2D eigenvalue weighted by molar-refractivity contribution is 6.30. The van der Waals surface area contributed by atoms with Gasteiger partial charge in [-0.1, -0.05) is 11.6 Å². The topological polar surface area (TPSA) is 38.3 Å². The van der Waals surface area contributed by atoms with E-state index in [4.69, 9.17) is 16.3 Å². The van der Waals surface area contributed by atoms with Crippen molar-refractivity contribution in [2.75, 3.05) is 6.61 Å². The van der Waals surface area contributed by atoms with Crippen LogP contribution in [0.2, 0.25) is 5.02 Å². The van der Waals surface area contributed by atoms with Crippen LogP contribution in [0.3, 0.4) is 0 Å². The Morgan fingerprint density at radius 1 is 1.56 bits per heavy atom. The molecule has 0 bridgehead atoms. The lowest BCUT2D eigenvalue weighted by Crippen LogP contribution is -2.25. The molecule has 0 saturated heterocycles. The SMILES string of the molecule is CC(=O)N[C@H]1CCCOc2ccc(Cl)cc21. The second kappa shape index (κ2) is 4.74. The summed E-state index contributed by atoms with van der Waals surface area (Å²) in [5.41, 5.74) is 0.972. The normalized spacial score (nSPS) is 19.2. The Labute approximate surface area is 99.7 Å². The molecule has 1 aromatic rings. The number of benzene rings is 1. The quantitative estimate of drug-likeness (QED) is 0.818. The van der Waals surface area contributed by atoms with E-state index >= 15 is 0 Å². The van der Waals surface area contributed by atoms with E-state index in [0.29, 0.717) is 11.6 Å². The molecule has 0 unspecified atom stereocenters. The van der Waals surface area contributed by atoms with Gasteiger partial charge in [-0.05, 0) is 31.0 Å². The number of rotatable bonds is 1. The van der Waals surface area contributed by atoms with Crippen LogP contribution in [0, 0.1) is 0 Å². The predicted molar refractivity (Wildman–Crippen MR) is 62.7 cm³/mol. The van der Waals surface area contributed by atoms with Crippen LogP contribution in [0.15, 0.2) is 18.2 Å². The summed E-state index contributed by atoms with van der Waals surface area (Å²) < 4.78 is 5.61. The molecular weight excluding hydrogens is 226 g/mol. The molecular formula is C12H14ClNO2. The first-order valence-electron chi connectivity index (χ1n) is 5.36. The van der Waals surface area contributed by atoms with E-state index in [9.17, 15) is 4.79 Å². The van der Waals surface area contributed by atoms with Gasteiger partial charge >= 0.3 is 0 Å². The van der Waals surface area contributed by atoms with Crippen LogP contribution in [0.1, 0.15) is 31.4 Å². The van der Waals surface area contributed by atoms with E-state index < -0.39 is 0 Å². The van der Waals surface area contributed by atoms with Gasteiger partial charge in [0, 0.05) is 17.5 Å². The highest BCUT2D eigenvalue weighted by atomic mass is 35.5. The molecule has 16 heavy (non-hydrogen) atoms. The van der Waals surface area contributed by atoms with E-state index in [1.807, 2.05) is 12.1 Å². The molecule has 1 amide bonds. The molecule has 1 aliphatic heterocycles. The third-order valence-electron chi connectivity index (χ3n) is 2.62. The molecule has 1 aromatic carbocycles. The maximum absolute atomic E-state index is 11.1. The van der Waals surface area contributed by atoms with Gasteiger partial charge in [0.2, 0.25) is 5.91 Å². The summed E-state index contributed by atoms with van der Waals surface area (Å²) in [6.45, 7) is 2.21. The number of carbonyl (C=O) groups is 1. The van der Waals surface area contributed by atoms with Crippen molar-refractivity contribution in [3.8, 4) is 5.75 Å². The minimum atomic E-state index is -0.0298. The average Bonchev–Trinajstić information content (AvgIpc) is 2.41. The van der Waals surface area contributed by atoms with Gasteiger partial charge < -0.3 is 10.1 Å². The number of carbonyl (C=O) groups excluding carboxylic acids is 1. The molecule has 0 radical (unpaired) electrons. The Balaban J connectivity index is 2.34. The number of halogens is 1. The molecule has 0 aromatic heterocycles. The molecule has 2 rings (SSSR count). The smallest absolute Gasteiger partial charge is 0.217 e. The van der Waals surface area contributed by atoms with Gasteiger partial charge in [0.25, 0.3) is 0 Å². The lowest BCUT2D eigenvalue weighted by Gasteiger charge is -2.17. The van der Waals surface area contributed by atoms with E-state index in [1.165, 1.54) is 6.92 Å². The Morgan fingerprint density at radius 2 is 2.38 bits per heavy atom. The van der Waals surface area contributed by atoms with E-state index in [2.05, 4.69) is 5.32 Å². The molecule has 86 valence electrons. The summed E-state index contributed by atoms with van der Waals surface area (Å²) in [6.07, 6.45) is 1.81. The Morgan fingerprint density at radius 3 is 3.12 bits per heavy atom. The van der Waals surface area contributed by atoms with Crippen LogP contribution in [-0.4, -0.2) is 12.5 Å². The summed E-state index contributed by atoms with van der Waals surface area (Å²) in [5, 5.41) is 3.59. The minimum Gasteiger partial charge on any atom is -0.493 e. The lowest BCUT2D eigenvalue weighted by atomic mass is 10.0. The number of amides is 1. The van der Waals surface area contributed by atoms with Crippen LogP contribution >= 0.6 is 11.6 Å². The van der Waals surface area contributed by atoms with Crippen molar-refractivity contribution in [2.24, 2.45) is 0 Å². The Bertz CT molecular complexity index is 406. The summed E-state index contributed by atoms with van der Waals surface area (Å²) in [4.78, 5) is 11.1. The third-order valence-corrected chi connectivity index (χ3v) is 2.85. The van der Waals surface area contributed by atoms with Crippen LogP contribution in [0.25, 0.3) is 0 Å². The van der Waals surface area contributed by atoms with Gasteiger partial charge in [-0.2, -0.15) is 0 Å². The van der Waals surface area contributed by atoms with Gasteiger partial charge in [0.15, 0.2) is 0 Å². The van der Waals surface area contributed by atoms with Crippen LogP contribution in [0.4, 0.5) is 0 Å². The second-order valence-electron chi connectivity index (χ2n) is 3.93. The Hall–Kier alpha value is -1.22. The van der Waals surface area contributed by atoms with E-state index in [0.717, 1.165) is 24.2 Å². The summed E-state index contributed by atoms with van der Waals surface area (Å²) in [7, 11) is 0. The number of fused-ring (bicyclic) bond motifs is 1. The first kappa shape index (κ1) is 11.3. The van der Waals surface area contributed by atoms with E-state index in [-0.39, 0.29) is 11.9 Å². The highest BCUT2D eigenvalue weighted by Crippen LogP contribution is 2.33. The molecule has 0 saturated carbocycles. The largest absolute Gasteiger partial charge is 0.493 e. The third kappa shape index (κ3) is 2.47. The molecule has 0 spiro atoms. The van der Waals surface area contributed by atoms with Crippen LogP contribution < -0.4 is 10.1 Å². The highest BCUT2D eigenvalue weighted by Gasteiger charge is 2.20. The number of hydrogen-bond donors (Lipinski definition) is 1. The fourth-order valence-electron chi connectivity index (χ4n) is 1.94. The zero-order chi connectivity index (χ0) is 11.5. The Kier molecular flexibility index (Phi) is 3.34. The summed E-state index contributed by atoms with van der Waals surface area (Å²) in [5.74, 6) is 0.790. The van der Waals surface area contributed by atoms with Crippen molar-refractivity contribution in [2.45, 2.75) is 25.8 Å². The van der Waals surface area contributed by atoms with Crippen molar-refractivity contribution in [1.82, 2.24) is 5.32 Å². The van der Waals surface area contributed by atoms with Gasteiger partial charge in [0.1, 0.15) is 5.75 Å². The minimum absolute atomic E-state index is 0.00806. The fourth-order valence-corrected chi connectivity index (χ4v) is 2.12. The van der Waals surface area contributed by atoms with Gasteiger partial charge in [-0.25, -0.2) is 0 Å². The first-order chi connectivity index (χ1) is 7.66. The second-order valence-corrected chi connectivity index (χ2v) is 4.36.